The highest BCUT2D eigenvalue weighted by atomic mass is 32.1. The van der Waals surface area contributed by atoms with Gasteiger partial charge in [0.25, 0.3) is 5.70 Å². The Labute approximate surface area is 186 Å². The van der Waals surface area contributed by atoms with Gasteiger partial charge in [-0.25, -0.2) is 15.0 Å². The van der Waals surface area contributed by atoms with Crippen molar-refractivity contribution in [2.75, 3.05) is 0 Å². The highest BCUT2D eigenvalue weighted by Crippen LogP contribution is 2.41. The Morgan fingerprint density at radius 2 is 1.88 bits per heavy atom. The smallest absolute Gasteiger partial charge is 0.270 e. The summed E-state index contributed by atoms with van der Waals surface area (Å²) in [6.07, 6.45) is 1.50. The number of thiophene rings is 1. The summed E-state index contributed by atoms with van der Waals surface area (Å²) in [7, 11) is 0. The maximum atomic E-state index is 13.0. The van der Waals surface area contributed by atoms with E-state index in [2.05, 4.69) is 14.7 Å². The first-order valence-corrected chi connectivity index (χ1v) is 10.2. The number of hydrogen-bond acceptors (Lipinski definition) is 5. The van der Waals surface area contributed by atoms with Gasteiger partial charge in [0.05, 0.1) is 19.2 Å². The van der Waals surface area contributed by atoms with Crippen molar-refractivity contribution in [2.24, 2.45) is 0 Å². The van der Waals surface area contributed by atoms with Crippen molar-refractivity contribution in [3.8, 4) is 16.5 Å². The van der Waals surface area contributed by atoms with Gasteiger partial charge in [-0.1, -0.05) is 48.5 Å². The van der Waals surface area contributed by atoms with E-state index in [0.29, 0.717) is 32.8 Å². The third-order valence-corrected chi connectivity index (χ3v) is 6.12. The summed E-state index contributed by atoms with van der Waals surface area (Å²) >= 11 is 1.44. The molecule has 4 aromatic rings. The number of rotatable bonds is 2. The van der Waals surface area contributed by atoms with E-state index in [1.54, 1.807) is 36.4 Å². The second-order valence-electron chi connectivity index (χ2n) is 6.87. The number of hydrogen-bond donors (Lipinski definition) is 0. The van der Waals surface area contributed by atoms with E-state index in [4.69, 9.17) is 17.6 Å². The number of ketones is 1. The maximum absolute atomic E-state index is 13.0. The molecule has 148 valence electrons. The van der Waals surface area contributed by atoms with Gasteiger partial charge in [0.15, 0.2) is 21.9 Å². The van der Waals surface area contributed by atoms with Crippen LogP contribution in [0.25, 0.3) is 42.2 Å². The molecule has 0 atom stereocenters. The SMILES string of the molecule is [C-]#[N+]/C(C#N)=C1\C(=C\c2nc3sc(-c4ccc([N+]#[C-])cc4)cc3o2)C(=O)c2ccccc21. The summed E-state index contributed by atoms with van der Waals surface area (Å²) in [4.78, 5) is 25.8. The molecule has 2 heterocycles. The molecule has 1 aliphatic carbocycles. The number of nitriles is 1. The summed E-state index contributed by atoms with van der Waals surface area (Å²) in [6, 6.07) is 17.9. The predicted molar refractivity (Wildman–Crippen MR) is 121 cm³/mol. The molecule has 0 aliphatic heterocycles. The maximum Gasteiger partial charge on any atom is 0.270 e. The zero-order valence-corrected chi connectivity index (χ0v) is 17.1. The molecule has 0 fully saturated rings. The van der Waals surface area contributed by atoms with Crippen molar-refractivity contribution in [1.82, 2.24) is 4.98 Å². The van der Waals surface area contributed by atoms with Gasteiger partial charge in [-0.05, 0) is 11.1 Å². The van der Waals surface area contributed by atoms with Gasteiger partial charge < -0.3 is 4.42 Å². The Kier molecular flexibility index (Phi) is 4.49. The standard InChI is InChI=1S/C25H10N4O2S/c1-27-15-9-7-14(8-10-15)21-12-20-25(32-21)29-22(31-20)11-18-23(19(13-26)28-2)16-5-3-4-6-17(16)24(18)30/h3-12H/b18-11-,23-19-. The van der Waals surface area contributed by atoms with E-state index in [1.807, 2.05) is 24.3 Å². The van der Waals surface area contributed by atoms with Crippen LogP contribution in [0.2, 0.25) is 0 Å². The number of carbonyl (C=O) groups excluding carboxylic acids is 1. The lowest BCUT2D eigenvalue weighted by Gasteiger charge is -2.01. The molecule has 0 saturated heterocycles. The van der Waals surface area contributed by atoms with Crippen LogP contribution in [-0.4, -0.2) is 10.8 Å². The van der Waals surface area contributed by atoms with Crippen molar-refractivity contribution >= 4 is 44.9 Å². The fraction of sp³-hybridized carbons (Fsp3) is 0. The minimum Gasteiger partial charge on any atom is -0.436 e. The van der Waals surface area contributed by atoms with Crippen molar-refractivity contribution < 1.29 is 9.21 Å². The number of aromatic nitrogens is 1. The second-order valence-corrected chi connectivity index (χ2v) is 7.90. The first-order valence-electron chi connectivity index (χ1n) is 9.39. The molecule has 2 aromatic carbocycles. The third-order valence-electron chi connectivity index (χ3n) is 5.06. The van der Waals surface area contributed by atoms with E-state index in [0.717, 1.165) is 10.4 Å². The Balaban J connectivity index is 1.58. The van der Waals surface area contributed by atoms with Crippen LogP contribution in [0, 0.1) is 24.5 Å². The van der Waals surface area contributed by atoms with Crippen molar-refractivity contribution in [3.05, 3.63) is 106 Å². The molecule has 0 saturated carbocycles. The zero-order valence-electron chi connectivity index (χ0n) is 16.3. The monoisotopic (exact) mass is 430 g/mol. The molecule has 32 heavy (non-hydrogen) atoms. The summed E-state index contributed by atoms with van der Waals surface area (Å²) < 4.78 is 5.86. The minimum absolute atomic E-state index is 0.145. The van der Waals surface area contributed by atoms with Crippen molar-refractivity contribution in [2.45, 2.75) is 0 Å². The number of benzene rings is 2. The summed E-state index contributed by atoms with van der Waals surface area (Å²) in [5.74, 6) is -0.0359. The topological polar surface area (TPSA) is 75.6 Å². The van der Waals surface area contributed by atoms with Crippen LogP contribution in [0.3, 0.4) is 0 Å². The quantitative estimate of drug-likeness (QED) is 0.205. The predicted octanol–water partition coefficient (Wildman–Crippen LogP) is 6.54. The fourth-order valence-electron chi connectivity index (χ4n) is 3.61. The normalized spacial score (nSPS) is 15.3. The lowest BCUT2D eigenvalue weighted by molar-refractivity contribution is 0.104. The van der Waals surface area contributed by atoms with E-state index < -0.39 is 0 Å². The molecule has 0 amide bonds. The summed E-state index contributed by atoms with van der Waals surface area (Å²) in [6.45, 7) is 14.4. The lowest BCUT2D eigenvalue weighted by Crippen LogP contribution is -1.95. The van der Waals surface area contributed by atoms with Crippen molar-refractivity contribution in [1.29, 1.82) is 5.26 Å². The number of fused-ring (bicyclic) bond motifs is 2. The van der Waals surface area contributed by atoms with Crippen LogP contribution >= 0.6 is 11.3 Å². The molecule has 5 rings (SSSR count). The third kappa shape index (κ3) is 3.00. The molecule has 6 nitrogen and oxygen atoms in total. The van der Waals surface area contributed by atoms with Gasteiger partial charge in [-0.3, -0.25) is 4.79 Å². The summed E-state index contributed by atoms with van der Waals surface area (Å²) in [5, 5.41) is 9.42. The van der Waals surface area contributed by atoms with E-state index in [9.17, 15) is 10.1 Å². The van der Waals surface area contributed by atoms with Gasteiger partial charge in [0.2, 0.25) is 5.89 Å². The van der Waals surface area contributed by atoms with Gasteiger partial charge in [-0.2, -0.15) is 4.98 Å². The number of nitrogens with zero attached hydrogens (tertiary/aromatic N) is 4. The average molecular weight is 430 g/mol. The van der Waals surface area contributed by atoms with E-state index >= 15 is 0 Å². The molecule has 1 aliphatic rings. The van der Waals surface area contributed by atoms with Crippen LogP contribution in [0.4, 0.5) is 5.69 Å². The number of Topliss-reactive ketones (excluding diaryl/α,β-unsaturated/α-hetero) is 1. The molecule has 7 heteroatoms. The van der Waals surface area contributed by atoms with Gasteiger partial charge in [0.1, 0.15) is 0 Å². The van der Waals surface area contributed by atoms with Crippen LogP contribution < -0.4 is 0 Å². The first kappa shape index (κ1) is 19.2. The highest BCUT2D eigenvalue weighted by molar-refractivity contribution is 7.21. The molecular weight excluding hydrogens is 420 g/mol. The Morgan fingerprint density at radius 3 is 2.53 bits per heavy atom. The number of oxazole rings is 1. The van der Waals surface area contributed by atoms with Crippen LogP contribution in [0.1, 0.15) is 21.8 Å². The molecule has 0 radical (unpaired) electrons. The molecule has 2 aromatic heterocycles. The highest BCUT2D eigenvalue weighted by Gasteiger charge is 2.32. The van der Waals surface area contributed by atoms with Crippen LogP contribution in [0.5, 0.6) is 0 Å². The van der Waals surface area contributed by atoms with Crippen LogP contribution in [0.15, 0.2) is 70.3 Å². The number of allylic oxidation sites excluding steroid dienone is 3. The van der Waals surface area contributed by atoms with Crippen LogP contribution in [-0.2, 0) is 0 Å². The lowest BCUT2D eigenvalue weighted by atomic mass is 10.0. The summed E-state index contributed by atoms with van der Waals surface area (Å²) in [5.41, 5.74) is 3.51. The van der Waals surface area contributed by atoms with Crippen molar-refractivity contribution in [3.63, 3.8) is 0 Å². The Hall–Kier alpha value is -4.77. The first-order chi connectivity index (χ1) is 15.6. The number of carbonyl (C=O) groups is 1. The Morgan fingerprint density at radius 1 is 1.12 bits per heavy atom. The Bertz CT molecular complexity index is 1570. The van der Waals surface area contributed by atoms with Gasteiger partial charge in [0, 0.05) is 33.7 Å². The van der Waals surface area contributed by atoms with E-state index in [1.165, 1.54) is 17.4 Å². The second kappa shape index (κ2) is 7.49. The van der Waals surface area contributed by atoms with Gasteiger partial charge >= 0.3 is 0 Å². The fourth-order valence-corrected chi connectivity index (χ4v) is 4.58. The average Bonchev–Trinajstić information content (AvgIpc) is 3.47. The van der Waals surface area contributed by atoms with E-state index in [-0.39, 0.29) is 22.9 Å². The molecule has 0 unspecified atom stereocenters. The molecule has 0 N–H and O–H groups in total. The molecular formula is C25H10N4O2S. The minimum atomic E-state index is -0.269. The zero-order chi connectivity index (χ0) is 22.2. The van der Waals surface area contributed by atoms with Gasteiger partial charge in [-0.15, -0.1) is 11.3 Å². The molecule has 0 bridgehead atoms. The molecule has 0 spiro atoms. The largest absolute Gasteiger partial charge is 0.436 e.